The molecule has 0 aliphatic rings. The zero-order valence-corrected chi connectivity index (χ0v) is 14.5. The maximum absolute atomic E-state index is 6.02. The number of unbranched alkanes of at least 4 members (excludes halogenated alkanes) is 1. The Morgan fingerprint density at radius 1 is 1.27 bits per heavy atom. The predicted molar refractivity (Wildman–Crippen MR) is 92.3 cm³/mol. The predicted octanol–water partition coefficient (Wildman–Crippen LogP) is 4.22. The van der Waals surface area contributed by atoms with Crippen LogP contribution in [-0.4, -0.2) is 34.8 Å². The standard InChI is InChI=1S/C18H29N3O/c1-6-7-10-21(5)12-18-16-11-15(22-14(4)13(2)3)8-9-17(16)19-20-18/h8-9,11,13-14H,6-7,10,12H2,1-5H3,(H,19,20). The lowest BCUT2D eigenvalue weighted by Gasteiger charge is -2.18. The van der Waals surface area contributed by atoms with Crippen LogP contribution >= 0.6 is 0 Å². The molecule has 1 N–H and O–H groups in total. The molecule has 2 aromatic rings. The lowest BCUT2D eigenvalue weighted by atomic mass is 10.1. The number of nitrogens with zero attached hydrogens (tertiary/aromatic N) is 2. The van der Waals surface area contributed by atoms with Crippen LogP contribution in [0.25, 0.3) is 10.9 Å². The summed E-state index contributed by atoms with van der Waals surface area (Å²) < 4.78 is 6.02. The molecular weight excluding hydrogens is 274 g/mol. The average molecular weight is 303 g/mol. The van der Waals surface area contributed by atoms with E-state index in [-0.39, 0.29) is 6.10 Å². The summed E-state index contributed by atoms with van der Waals surface area (Å²) in [4.78, 5) is 2.33. The second-order valence-corrected chi connectivity index (χ2v) is 6.54. The molecule has 0 saturated carbocycles. The van der Waals surface area contributed by atoms with Crippen molar-refractivity contribution in [2.75, 3.05) is 13.6 Å². The number of fused-ring (bicyclic) bond motifs is 1. The molecule has 0 saturated heterocycles. The minimum atomic E-state index is 0.208. The zero-order chi connectivity index (χ0) is 16.1. The van der Waals surface area contributed by atoms with E-state index in [1.54, 1.807) is 0 Å². The van der Waals surface area contributed by atoms with E-state index in [0.29, 0.717) is 5.92 Å². The van der Waals surface area contributed by atoms with Gasteiger partial charge in [0.05, 0.1) is 17.3 Å². The molecule has 0 aliphatic heterocycles. The Hall–Kier alpha value is -1.55. The first kappa shape index (κ1) is 16.8. The van der Waals surface area contributed by atoms with Gasteiger partial charge in [-0.15, -0.1) is 0 Å². The van der Waals surface area contributed by atoms with Crippen LogP contribution < -0.4 is 4.74 Å². The first-order valence-corrected chi connectivity index (χ1v) is 8.33. The average Bonchev–Trinajstić information content (AvgIpc) is 2.87. The molecular formula is C18H29N3O. The minimum Gasteiger partial charge on any atom is -0.490 e. The Balaban J connectivity index is 2.14. The fourth-order valence-electron chi connectivity index (χ4n) is 2.36. The van der Waals surface area contributed by atoms with Gasteiger partial charge in [0.25, 0.3) is 0 Å². The van der Waals surface area contributed by atoms with Crippen LogP contribution in [0.15, 0.2) is 18.2 Å². The summed E-state index contributed by atoms with van der Waals surface area (Å²) >= 11 is 0. The number of hydrogen-bond donors (Lipinski definition) is 1. The molecule has 2 rings (SSSR count). The lowest BCUT2D eigenvalue weighted by molar-refractivity contribution is 0.170. The summed E-state index contributed by atoms with van der Waals surface area (Å²) in [5, 5.41) is 8.74. The highest BCUT2D eigenvalue weighted by atomic mass is 16.5. The third-order valence-electron chi connectivity index (χ3n) is 4.19. The van der Waals surface area contributed by atoms with Gasteiger partial charge in [-0.2, -0.15) is 5.10 Å². The summed E-state index contributed by atoms with van der Waals surface area (Å²) in [6, 6.07) is 6.15. The van der Waals surface area contributed by atoms with E-state index in [0.717, 1.165) is 35.4 Å². The van der Waals surface area contributed by atoms with Gasteiger partial charge in [0.2, 0.25) is 0 Å². The molecule has 1 aromatic heterocycles. The van der Waals surface area contributed by atoms with Crippen LogP contribution in [-0.2, 0) is 6.54 Å². The van der Waals surface area contributed by atoms with E-state index in [9.17, 15) is 0 Å². The van der Waals surface area contributed by atoms with Crippen LogP contribution in [0.3, 0.4) is 0 Å². The highest BCUT2D eigenvalue weighted by Gasteiger charge is 2.12. The molecule has 4 heteroatoms. The van der Waals surface area contributed by atoms with Crippen molar-refractivity contribution in [2.24, 2.45) is 5.92 Å². The maximum atomic E-state index is 6.02. The van der Waals surface area contributed by atoms with Gasteiger partial charge in [0.15, 0.2) is 0 Å². The molecule has 0 bridgehead atoms. The van der Waals surface area contributed by atoms with Crippen molar-refractivity contribution in [3.05, 3.63) is 23.9 Å². The van der Waals surface area contributed by atoms with Crippen molar-refractivity contribution in [1.82, 2.24) is 15.1 Å². The van der Waals surface area contributed by atoms with Gasteiger partial charge < -0.3 is 9.64 Å². The van der Waals surface area contributed by atoms with Gasteiger partial charge in [0.1, 0.15) is 5.75 Å². The number of aromatic amines is 1. The molecule has 122 valence electrons. The van der Waals surface area contributed by atoms with Gasteiger partial charge in [0, 0.05) is 11.9 Å². The Bertz CT molecular complexity index is 591. The third kappa shape index (κ3) is 4.23. The smallest absolute Gasteiger partial charge is 0.120 e. The molecule has 0 spiro atoms. The largest absolute Gasteiger partial charge is 0.490 e. The maximum Gasteiger partial charge on any atom is 0.120 e. The van der Waals surface area contributed by atoms with E-state index < -0.39 is 0 Å². The Kier molecular flexibility index (Phi) is 5.83. The first-order valence-electron chi connectivity index (χ1n) is 8.33. The molecule has 0 aliphatic carbocycles. The summed E-state index contributed by atoms with van der Waals surface area (Å²) in [5.74, 6) is 1.42. The van der Waals surface area contributed by atoms with Gasteiger partial charge in [-0.3, -0.25) is 5.10 Å². The molecule has 0 amide bonds. The molecule has 1 atom stereocenters. The second kappa shape index (κ2) is 7.63. The van der Waals surface area contributed by atoms with E-state index in [2.05, 4.69) is 55.9 Å². The third-order valence-corrected chi connectivity index (χ3v) is 4.19. The normalized spacial score (nSPS) is 13.2. The molecule has 1 unspecified atom stereocenters. The van der Waals surface area contributed by atoms with Crippen LogP contribution in [0, 0.1) is 5.92 Å². The number of rotatable bonds is 8. The number of benzene rings is 1. The van der Waals surface area contributed by atoms with E-state index in [1.165, 1.54) is 12.8 Å². The van der Waals surface area contributed by atoms with Crippen molar-refractivity contribution >= 4 is 10.9 Å². The Morgan fingerprint density at radius 2 is 2.05 bits per heavy atom. The van der Waals surface area contributed by atoms with Crippen LogP contribution in [0.2, 0.25) is 0 Å². The summed E-state index contributed by atoms with van der Waals surface area (Å²) in [5.41, 5.74) is 2.17. The van der Waals surface area contributed by atoms with Crippen LogP contribution in [0.4, 0.5) is 0 Å². The summed E-state index contributed by atoms with van der Waals surface area (Å²) in [7, 11) is 2.16. The molecule has 1 heterocycles. The van der Waals surface area contributed by atoms with Crippen molar-refractivity contribution in [3.63, 3.8) is 0 Å². The Morgan fingerprint density at radius 3 is 2.73 bits per heavy atom. The van der Waals surface area contributed by atoms with Crippen molar-refractivity contribution in [1.29, 1.82) is 0 Å². The number of nitrogens with one attached hydrogen (secondary N) is 1. The molecule has 1 aromatic carbocycles. The fraction of sp³-hybridized carbons (Fsp3) is 0.611. The van der Waals surface area contributed by atoms with Crippen LogP contribution in [0.1, 0.15) is 46.2 Å². The minimum absolute atomic E-state index is 0.208. The summed E-state index contributed by atoms with van der Waals surface area (Å²) in [6.45, 7) is 10.7. The number of aromatic nitrogens is 2. The molecule has 4 nitrogen and oxygen atoms in total. The Labute approximate surface area is 133 Å². The van der Waals surface area contributed by atoms with Crippen LogP contribution in [0.5, 0.6) is 5.75 Å². The van der Waals surface area contributed by atoms with E-state index in [4.69, 9.17) is 4.74 Å². The van der Waals surface area contributed by atoms with Gasteiger partial charge in [-0.1, -0.05) is 27.2 Å². The fourth-order valence-corrected chi connectivity index (χ4v) is 2.36. The molecule has 22 heavy (non-hydrogen) atoms. The zero-order valence-electron chi connectivity index (χ0n) is 14.5. The monoisotopic (exact) mass is 303 g/mol. The van der Waals surface area contributed by atoms with E-state index in [1.807, 2.05) is 12.1 Å². The highest BCUT2D eigenvalue weighted by Crippen LogP contribution is 2.24. The molecule has 0 radical (unpaired) electrons. The first-order chi connectivity index (χ1) is 10.5. The highest BCUT2D eigenvalue weighted by molar-refractivity contribution is 5.82. The van der Waals surface area contributed by atoms with Gasteiger partial charge >= 0.3 is 0 Å². The topological polar surface area (TPSA) is 41.2 Å². The number of H-pyrrole nitrogens is 1. The second-order valence-electron chi connectivity index (χ2n) is 6.54. The van der Waals surface area contributed by atoms with E-state index >= 15 is 0 Å². The number of ether oxygens (including phenoxy) is 1. The quantitative estimate of drug-likeness (QED) is 0.794. The summed E-state index contributed by atoms with van der Waals surface area (Å²) in [6.07, 6.45) is 2.65. The molecule has 0 fully saturated rings. The van der Waals surface area contributed by atoms with Gasteiger partial charge in [-0.25, -0.2) is 0 Å². The van der Waals surface area contributed by atoms with Crippen molar-refractivity contribution < 1.29 is 4.74 Å². The number of hydrogen-bond acceptors (Lipinski definition) is 3. The lowest BCUT2D eigenvalue weighted by Crippen LogP contribution is -2.19. The van der Waals surface area contributed by atoms with Crippen molar-refractivity contribution in [3.8, 4) is 5.75 Å². The van der Waals surface area contributed by atoms with Crippen molar-refractivity contribution in [2.45, 2.75) is 53.2 Å². The SMILES string of the molecule is CCCCN(C)Cc1[nH]nc2ccc(OC(C)C(C)C)cc12. The van der Waals surface area contributed by atoms with Gasteiger partial charge in [-0.05, 0) is 51.1 Å².